The molecule has 1 N–H and O–H groups in total. The topological polar surface area (TPSA) is 24.4 Å². The summed E-state index contributed by atoms with van der Waals surface area (Å²) in [7, 11) is 0. The zero-order valence-corrected chi connectivity index (χ0v) is 12.8. The lowest BCUT2D eigenvalue weighted by atomic mass is 9.96. The summed E-state index contributed by atoms with van der Waals surface area (Å²) in [5.41, 5.74) is 6.82. The third kappa shape index (κ3) is 3.15. The van der Waals surface area contributed by atoms with Gasteiger partial charge in [-0.15, -0.1) is 0 Å². The van der Waals surface area contributed by atoms with Gasteiger partial charge in [0.15, 0.2) is 0 Å². The van der Waals surface area contributed by atoms with E-state index in [2.05, 4.69) is 66.6 Å². The van der Waals surface area contributed by atoms with Crippen molar-refractivity contribution in [3.63, 3.8) is 0 Å². The molecule has 2 aromatic rings. The molecule has 0 saturated heterocycles. The van der Waals surface area contributed by atoms with E-state index in [4.69, 9.17) is 0 Å². The highest BCUT2D eigenvalue weighted by atomic mass is 15.1. The molecule has 0 atom stereocenters. The second-order valence-corrected chi connectivity index (χ2v) is 5.74. The van der Waals surface area contributed by atoms with Crippen molar-refractivity contribution in [2.45, 2.75) is 26.7 Å². The maximum Gasteiger partial charge on any atom is 0.128 e. The summed E-state index contributed by atoms with van der Waals surface area (Å²) < 4.78 is 0. The molecule has 3 rings (SSSR count). The second kappa shape index (κ2) is 6.13. The number of aryl methyl sites for hydroxylation is 4. The van der Waals surface area contributed by atoms with Gasteiger partial charge in [0.1, 0.15) is 5.84 Å². The van der Waals surface area contributed by atoms with Crippen LogP contribution in [0.5, 0.6) is 0 Å². The smallest absolute Gasteiger partial charge is 0.128 e. The molecule has 2 aromatic carbocycles. The van der Waals surface area contributed by atoms with Crippen LogP contribution in [0, 0.1) is 13.8 Å². The maximum absolute atomic E-state index is 4.56. The van der Waals surface area contributed by atoms with Crippen LogP contribution in [0.3, 0.4) is 0 Å². The van der Waals surface area contributed by atoms with Gasteiger partial charge < -0.3 is 5.32 Å². The molecule has 1 heterocycles. The van der Waals surface area contributed by atoms with E-state index in [0.29, 0.717) is 0 Å². The standard InChI is InChI=1S/C19H22N2/c1-14-7-8-15(2)17(13-14)10-9-16-5-3-4-6-18(16)19-20-11-12-21-19/h3-8,13H,9-12H2,1-2H3,(H,20,21). The lowest BCUT2D eigenvalue weighted by Gasteiger charge is -2.11. The van der Waals surface area contributed by atoms with E-state index >= 15 is 0 Å². The number of nitrogens with one attached hydrogen (secondary N) is 1. The Morgan fingerprint density at radius 2 is 1.81 bits per heavy atom. The molecular formula is C19H22N2. The molecule has 2 nitrogen and oxygen atoms in total. The molecule has 0 spiro atoms. The highest BCUT2D eigenvalue weighted by molar-refractivity contribution is 6.01. The van der Waals surface area contributed by atoms with Crippen molar-refractivity contribution in [2.24, 2.45) is 4.99 Å². The Balaban J connectivity index is 1.81. The SMILES string of the molecule is Cc1ccc(C)c(CCc2ccccc2C2=NCCN2)c1. The Morgan fingerprint density at radius 1 is 1.00 bits per heavy atom. The van der Waals surface area contributed by atoms with Crippen LogP contribution in [0.1, 0.15) is 27.8 Å². The highest BCUT2D eigenvalue weighted by Crippen LogP contribution is 2.17. The average Bonchev–Trinajstić information content (AvgIpc) is 3.03. The number of benzene rings is 2. The molecule has 0 aromatic heterocycles. The summed E-state index contributed by atoms with van der Waals surface area (Å²) in [5, 5.41) is 3.38. The Labute approximate surface area is 126 Å². The summed E-state index contributed by atoms with van der Waals surface area (Å²) in [6.07, 6.45) is 2.14. The van der Waals surface area contributed by atoms with Crippen molar-refractivity contribution in [2.75, 3.05) is 13.1 Å². The van der Waals surface area contributed by atoms with Gasteiger partial charge in [-0.05, 0) is 43.4 Å². The van der Waals surface area contributed by atoms with Gasteiger partial charge in [0.2, 0.25) is 0 Å². The van der Waals surface area contributed by atoms with Gasteiger partial charge in [-0.25, -0.2) is 0 Å². The van der Waals surface area contributed by atoms with Crippen molar-refractivity contribution in [3.05, 3.63) is 70.3 Å². The van der Waals surface area contributed by atoms with Crippen molar-refractivity contribution in [3.8, 4) is 0 Å². The lowest BCUT2D eigenvalue weighted by Crippen LogP contribution is -2.21. The van der Waals surface area contributed by atoms with Gasteiger partial charge in [-0.2, -0.15) is 0 Å². The van der Waals surface area contributed by atoms with Crippen LogP contribution in [0.25, 0.3) is 0 Å². The van der Waals surface area contributed by atoms with Crippen molar-refractivity contribution in [1.29, 1.82) is 0 Å². The molecule has 0 fully saturated rings. The molecule has 0 bridgehead atoms. The third-order valence-corrected chi connectivity index (χ3v) is 4.11. The van der Waals surface area contributed by atoms with E-state index < -0.39 is 0 Å². The van der Waals surface area contributed by atoms with E-state index in [9.17, 15) is 0 Å². The second-order valence-electron chi connectivity index (χ2n) is 5.74. The highest BCUT2D eigenvalue weighted by Gasteiger charge is 2.12. The fraction of sp³-hybridized carbons (Fsp3) is 0.316. The molecule has 1 aliphatic heterocycles. The van der Waals surface area contributed by atoms with Crippen molar-refractivity contribution in [1.82, 2.24) is 5.32 Å². The first-order valence-electron chi connectivity index (χ1n) is 7.67. The molecule has 0 aliphatic carbocycles. The predicted octanol–water partition coefficient (Wildman–Crippen LogP) is 3.44. The van der Waals surface area contributed by atoms with Crippen LogP contribution in [-0.4, -0.2) is 18.9 Å². The molecule has 0 unspecified atom stereocenters. The third-order valence-electron chi connectivity index (χ3n) is 4.11. The van der Waals surface area contributed by atoms with E-state index in [1.807, 2.05) is 0 Å². The summed E-state index contributed by atoms with van der Waals surface area (Å²) in [4.78, 5) is 4.56. The van der Waals surface area contributed by atoms with Crippen molar-refractivity contribution < 1.29 is 0 Å². The zero-order valence-electron chi connectivity index (χ0n) is 12.8. The molecule has 1 aliphatic rings. The first kappa shape index (κ1) is 13.9. The predicted molar refractivity (Wildman–Crippen MR) is 89.2 cm³/mol. The lowest BCUT2D eigenvalue weighted by molar-refractivity contribution is 0.937. The minimum Gasteiger partial charge on any atom is -0.368 e. The minimum atomic E-state index is 0.890. The fourth-order valence-corrected chi connectivity index (χ4v) is 2.89. The Morgan fingerprint density at radius 3 is 2.62 bits per heavy atom. The summed E-state index contributed by atoms with van der Waals surface area (Å²) in [6, 6.07) is 15.3. The quantitative estimate of drug-likeness (QED) is 0.910. The van der Waals surface area contributed by atoms with Gasteiger partial charge in [-0.3, -0.25) is 4.99 Å². The molecule has 0 saturated carbocycles. The van der Waals surface area contributed by atoms with Crippen molar-refractivity contribution >= 4 is 5.84 Å². The number of rotatable bonds is 4. The van der Waals surface area contributed by atoms with Gasteiger partial charge in [0.25, 0.3) is 0 Å². The Hall–Kier alpha value is -2.09. The van der Waals surface area contributed by atoms with Crippen LogP contribution in [-0.2, 0) is 12.8 Å². The van der Waals surface area contributed by atoms with E-state index in [1.165, 1.54) is 27.8 Å². The number of hydrogen-bond donors (Lipinski definition) is 1. The van der Waals surface area contributed by atoms with Gasteiger partial charge in [-0.1, -0.05) is 48.0 Å². The monoisotopic (exact) mass is 278 g/mol. The average molecular weight is 278 g/mol. The summed E-state index contributed by atoms with van der Waals surface area (Å²) in [5.74, 6) is 1.06. The van der Waals surface area contributed by atoms with Gasteiger partial charge in [0, 0.05) is 12.1 Å². The molecule has 2 heteroatoms. The number of amidine groups is 1. The van der Waals surface area contributed by atoms with Crippen LogP contribution < -0.4 is 5.32 Å². The largest absolute Gasteiger partial charge is 0.368 e. The molecule has 0 radical (unpaired) electrons. The fourth-order valence-electron chi connectivity index (χ4n) is 2.89. The zero-order chi connectivity index (χ0) is 14.7. The number of hydrogen-bond acceptors (Lipinski definition) is 2. The van der Waals surface area contributed by atoms with E-state index in [0.717, 1.165) is 31.8 Å². The van der Waals surface area contributed by atoms with Crippen LogP contribution in [0.2, 0.25) is 0 Å². The minimum absolute atomic E-state index is 0.890. The first-order valence-corrected chi connectivity index (χ1v) is 7.67. The Bertz CT molecular complexity index is 671. The normalized spacial score (nSPS) is 13.9. The van der Waals surface area contributed by atoms with E-state index in [1.54, 1.807) is 0 Å². The molecule has 108 valence electrons. The summed E-state index contributed by atoms with van der Waals surface area (Å²) in [6.45, 7) is 6.21. The van der Waals surface area contributed by atoms with Gasteiger partial charge >= 0.3 is 0 Å². The molecule has 21 heavy (non-hydrogen) atoms. The number of nitrogens with zero attached hydrogens (tertiary/aromatic N) is 1. The molecule has 0 amide bonds. The van der Waals surface area contributed by atoms with Gasteiger partial charge in [0.05, 0.1) is 6.54 Å². The van der Waals surface area contributed by atoms with Crippen LogP contribution in [0.15, 0.2) is 47.5 Å². The summed E-state index contributed by atoms with van der Waals surface area (Å²) >= 11 is 0. The molecular weight excluding hydrogens is 256 g/mol. The van der Waals surface area contributed by atoms with Crippen LogP contribution >= 0.6 is 0 Å². The Kier molecular flexibility index (Phi) is 4.05. The number of aliphatic imine (C=N–C) groups is 1. The van der Waals surface area contributed by atoms with Crippen LogP contribution in [0.4, 0.5) is 0 Å². The first-order chi connectivity index (χ1) is 10.2. The maximum atomic E-state index is 4.56. The van der Waals surface area contributed by atoms with E-state index in [-0.39, 0.29) is 0 Å².